The highest BCUT2D eigenvalue weighted by atomic mass is 32.2. The van der Waals surface area contributed by atoms with Crippen molar-refractivity contribution >= 4 is 41.4 Å². The van der Waals surface area contributed by atoms with E-state index in [9.17, 15) is 9.59 Å². The summed E-state index contributed by atoms with van der Waals surface area (Å²) in [6, 6.07) is 4.42. The predicted octanol–water partition coefficient (Wildman–Crippen LogP) is 4.27. The third-order valence-electron chi connectivity index (χ3n) is 4.73. The average Bonchev–Trinajstić information content (AvgIpc) is 3.19. The molecule has 1 aliphatic carbocycles. The van der Waals surface area contributed by atoms with E-state index in [1.54, 1.807) is 42.4 Å². The fourth-order valence-electron chi connectivity index (χ4n) is 3.03. The molecule has 2 aliphatic rings. The Kier molecular flexibility index (Phi) is 9.08. The predicted molar refractivity (Wildman–Crippen MR) is 135 cm³/mol. The second kappa shape index (κ2) is 12.4. The molecule has 1 heterocycles. The first-order chi connectivity index (χ1) is 16.1. The average molecular weight is 466 g/mol. The first-order valence-electron chi connectivity index (χ1n) is 10.5. The van der Waals surface area contributed by atoms with Gasteiger partial charge in [-0.05, 0) is 23.1 Å². The summed E-state index contributed by atoms with van der Waals surface area (Å²) in [5, 5.41) is 8.32. The van der Waals surface area contributed by atoms with E-state index in [2.05, 4.69) is 45.0 Å². The van der Waals surface area contributed by atoms with E-state index in [4.69, 9.17) is 4.74 Å². The second-order valence-electron chi connectivity index (χ2n) is 7.14. The normalized spacial score (nSPS) is 16.8. The molecule has 3 N–H and O–H groups in total. The maximum absolute atomic E-state index is 12.6. The molecule has 1 aromatic carbocycles. The van der Waals surface area contributed by atoms with Gasteiger partial charge in [0.2, 0.25) is 0 Å². The van der Waals surface area contributed by atoms with E-state index < -0.39 is 6.03 Å². The third-order valence-corrected chi connectivity index (χ3v) is 5.98. The number of hydrogen-bond donors (Lipinski definition) is 3. The lowest BCUT2D eigenvalue weighted by atomic mass is 10.1. The molecular weight excluding hydrogens is 438 g/mol. The minimum atomic E-state index is -0.461. The molecule has 3 rings (SSSR count). The molecule has 0 saturated carbocycles. The molecular formula is C24H27N5O3S. The van der Waals surface area contributed by atoms with Crippen LogP contribution in [0.15, 0.2) is 75.9 Å². The molecule has 1 unspecified atom stereocenters. The van der Waals surface area contributed by atoms with Crippen LogP contribution in [0.2, 0.25) is 0 Å². The molecule has 0 radical (unpaired) electrons. The topological polar surface area (TPSA) is 104 Å². The molecule has 3 amide bonds. The van der Waals surface area contributed by atoms with Crippen molar-refractivity contribution in [3.63, 3.8) is 0 Å². The number of thioether (sulfide) groups is 1. The van der Waals surface area contributed by atoms with E-state index in [1.807, 2.05) is 18.2 Å². The number of hydrogen-bond acceptors (Lipinski definition) is 6. The van der Waals surface area contributed by atoms with Crippen LogP contribution in [0.25, 0.3) is 0 Å². The van der Waals surface area contributed by atoms with Crippen molar-refractivity contribution in [1.29, 1.82) is 0 Å². The minimum absolute atomic E-state index is 0.202. The standard InChI is InChI=1S/C24H27N5O3S/c1-17-6-4-3-5-7-21(17)33-15-14-27-23(30)18-8-9-19(20(16-18)32-2)28-24(31)29-22-10-11-25-12-13-26-22/h3-9,11-13,16-17H,10,14-15H2,1-2H3,(H,27,30)(H2,26,28,29,31). The van der Waals surface area contributed by atoms with Gasteiger partial charge in [-0.3, -0.25) is 15.1 Å². The molecule has 9 heteroatoms. The molecule has 1 atom stereocenters. The van der Waals surface area contributed by atoms with Crippen LogP contribution in [-0.2, 0) is 0 Å². The lowest BCUT2D eigenvalue weighted by Crippen LogP contribution is -2.34. The molecule has 0 aromatic heterocycles. The quantitative estimate of drug-likeness (QED) is 0.523. The number of allylic oxidation sites excluding steroid dienone is 6. The Bertz CT molecular complexity index is 1060. The van der Waals surface area contributed by atoms with Crippen LogP contribution in [0.4, 0.5) is 10.5 Å². The number of benzene rings is 1. The highest BCUT2D eigenvalue weighted by Gasteiger charge is 2.14. The number of aliphatic imine (C=N–C) groups is 2. The zero-order chi connectivity index (χ0) is 23.5. The number of nitrogens with zero attached hydrogens (tertiary/aromatic N) is 2. The monoisotopic (exact) mass is 465 g/mol. The molecule has 0 fully saturated rings. The number of anilines is 1. The Labute approximate surface area is 197 Å². The molecule has 0 spiro atoms. The number of urea groups is 1. The summed E-state index contributed by atoms with van der Waals surface area (Å²) in [4.78, 5) is 34.2. The molecule has 1 aliphatic heterocycles. The van der Waals surface area contributed by atoms with Crippen LogP contribution in [0.5, 0.6) is 5.75 Å². The summed E-state index contributed by atoms with van der Waals surface area (Å²) in [7, 11) is 1.48. The zero-order valence-electron chi connectivity index (χ0n) is 18.6. The van der Waals surface area contributed by atoms with Gasteiger partial charge in [0, 0.05) is 48.8 Å². The van der Waals surface area contributed by atoms with E-state index in [-0.39, 0.29) is 5.91 Å². The van der Waals surface area contributed by atoms with Crippen LogP contribution in [-0.4, -0.2) is 43.4 Å². The van der Waals surface area contributed by atoms with Gasteiger partial charge in [-0.25, -0.2) is 9.79 Å². The van der Waals surface area contributed by atoms with Gasteiger partial charge >= 0.3 is 6.03 Å². The first-order valence-corrected chi connectivity index (χ1v) is 11.5. The van der Waals surface area contributed by atoms with E-state index in [0.717, 1.165) is 5.75 Å². The largest absolute Gasteiger partial charge is 0.495 e. The number of carbonyl (C=O) groups excluding carboxylic acids is 2. The Balaban J connectivity index is 1.51. The lowest BCUT2D eigenvalue weighted by molar-refractivity contribution is 0.0956. The number of amides is 3. The Morgan fingerprint density at radius 3 is 2.91 bits per heavy atom. The van der Waals surface area contributed by atoms with Crippen molar-refractivity contribution in [3.8, 4) is 5.75 Å². The van der Waals surface area contributed by atoms with E-state index >= 15 is 0 Å². The number of nitrogens with one attached hydrogen (secondary N) is 3. The van der Waals surface area contributed by atoms with Crippen molar-refractivity contribution in [2.24, 2.45) is 15.9 Å². The van der Waals surface area contributed by atoms with Gasteiger partial charge in [0.15, 0.2) is 0 Å². The highest BCUT2D eigenvalue weighted by Crippen LogP contribution is 2.27. The molecule has 0 saturated heterocycles. The van der Waals surface area contributed by atoms with Gasteiger partial charge < -0.3 is 15.4 Å². The molecule has 0 bridgehead atoms. The maximum Gasteiger partial charge on any atom is 0.324 e. The summed E-state index contributed by atoms with van der Waals surface area (Å²) >= 11 is 1.73. The molecule has 33 heavy (non-hydrogen) atoms. The van der Waals surface area contributed by atoms with Crippen LogP contribution in [0.1, 0.15) is 23.7 Å². The number of ether oxygens (including phenoxy) is 1. The van der Waals surface area contributed by atoms with Gasteiger partial charge in [0.1, 0.15) is 11.6 Å². The van der Waals surface area contributed by atoms with Crippen molar-refractivity contribution in [2.45, 2.75) is 13.3 Å². The fourth-order valence-corrected chi connectivity index (χ4v) is 3.98. The van der Waals surface area contributed by atoms with E-state index in [0.29, 0.717) is 41.7 Å². The van der Waals surface area contributed by atoms with Crippen LogP contribution < -0.4 is 20.7 Å². The van der Waals surface area contributed by atoms with Gasteiger partial charge in [-0.2, -0.15) is 0 Å². The molecule has 172 valence electrons. The Morgan fingerprint density at radius 1 is 1.18 bits per heavy atom. The highest BCUT2D eigenvalue weighted by molar-refractivity contribution is 8.03. The molecule has 8 nitrogen and oxygen atoms in total. The summed E-state index contributed by atoms with van der Waals surface area (Å²) < 4.78 is 5.37. The number of carbonyl (C=O) groups is 2. The van der Waals surface area contributed by atoms with Gasteiger partial charge in [-0.15, -0.1) is 11.8 Å². The van der Waals surface area contributed by atoms with Crippen molar-refractivity contribution < 1.29 is 14.3 Å². The molecule has 1 aromatic rings. The fraction of sp³-hybridized carbons (Fsp3) is 0.250. The second-order valence-corrected chi connectivity index (χ2v) is 8.30. The smallest absolute Gasteiger partial charge is 0.324 e. The summed E-state index contributed by atoms with van der Waals surface area (Å²) in [5.41, 5.74) is 0.890. The third kappa shape index (κ3) is 7.50. The lowest BCUT2D eigenvalue weighted by Gasteiger charge is -2.13. The van der Waals surface area contributed by atoms with Crippen molar-refractivity contribution in [2.75, 3.05) is 24.7 Å². The minimum Gasteiger partial charge on any atom is -0.495 e. The maximum atomic E-state index is 12.6. The zero-order valence-corrected chi connectivity index (χ0v) is 19.4. The van der Waals surface area contributed by atoms with Gasteiger partial charge in [0.05, 0.1) is 12.8 Å². The first kappa shape index (κ1) is 24.1. The Morgan fingerprint density at radius 2 is 2.06 bits per heavy atom. The number of rotatable bonds is 7. The van der Waals surface area contributed by atoms with Crippen LogP contribution in [0.3, 0.4) is 0 Å². The van der Waals surface area contributed by atoms with Crippen LogP contribution in [0, 0.1) is 5.92 Å². The number of methoxy groups -OCH3 is 1. The summed E-state index contributed by atoms with van der Waals surface area (Å²) in [6.07, 6.45) is 15.5. The van der Waals surface area contributed by atoms with Crippen molar-refractivity contribution in [3.05, 3.63) is 71.4 Å². The number of amidine groups is 1. The van der Waals surface area contributed by atoms with Crippen LogP contribution >= 0.6 is 11.8 Å². The van der Waals surface area contributed by atoms with E-state index in [1.165, 1.54) is 18.2 Å². The van der Waals surface area contributed by atoms with Gasteiger partial charge in [-0.1, -0.05) is 37.3 Å². The van der Waals surface area contributed by atoms with Crippen molar-refractivity contribution in [1.82, 2.24) is 10.6 Å². The SMILES string of the molecule is COc1cc(C(=O)NCCSC2=CC=CC=CC2C)ccc1NC(=O)NC1=NC=CN=CC1. The Hall–Kier alpha value is -3.59. The summed E-state index contributed by atoms with van der Waals surface area (Å²) in [5.74, 6) is 1.78. The summed E-state index contributed by atoms with van der Waals surface area (Å²) in [6.45, 7) is 2.68. The van der Waals surface area contributed by atoms with Gasteiger partial charge in [0.25, 0.3) is 5.91 Å².